The van der Waals surface area contributed by atoms with Crippen molar-refractivity contribution in [2.75, 3.05) is 6.61 Å². The Bertz CT molecular complexity index is 300. The summed E-state index contributed by atoms with van der Waals surface area (Å²) in [6, 6.07) is 9.79. The van der Waals surface area contributed by atoms with E-state index in [2.05, 4.69) is 0 Å². The van der Waals surface area contributed by atoms with Crippen molar-refractivity contribution in [3.8, 4) is 0 Å². The van der Waals surface area contributed by atoms with E-state index in [-0.39, 0.29) is 6.61 Å². The van der Waals surface area contributed by atoms with Crippen LogP contribution < -0.4 is 5.73 Å². The van der Waals surface area contributed by atoms with E-state index in [4.69, 9.17) is 15.6 Å². The number of nitrogens with two attached hydrogens (primary N) is 1. The summed E-state index contributed by atoms with van der Waals surface area (Å²) in [6.45, 7) is -0.199. The van der Waals surface area contributed by atoms with Gasteiger partial charge in [-0.1, -0.05) is 30.3 Å². The molecule has 0 saturated heterocycles. The summed E-state index contributed by atoms with van der Waals surface area (Å²) in [5.74, 6) is 0. The highest BCUT2D eigenvalue weighted by Crippen LogP contribution is 2.07. The van der Waals surface area contributed by atoms with Crippen LogP contribution in [-0.4, -0.2) is 23.9 Å². The Morgan fingerprint density at radius 3 is 2.60 bits per heavy atom. The van der Waals surface area contributed by atoms with Crippen LogP contribution in [0.3, 0.4) is 0 Å². The Balaban J connectivity index is 2.37. The molecule has 0 spiro atoms. The van der Waals surface area contributed by atoms with Gasteiger partial charge in [-0.2, -0.15) is 0 Å². The second-order valence-corrected chi connectivity index (χ2v) is 3.27. The van der Waals surface area contributed by atoms with Gasteiger partial charge in [-0.25, -0.2) is 4.79 Å². The molecule has 82 valence electrons. The highest BCUT2D eigenvalue weighted by molar-refractivity contribution is 5.64. The standard InChI is InChI=1S/C11H15NO3/c12-11(14)15-10(8-13)7-6-9-4-2-1-3-5-9/h1-5,10,13H,6-8H2,(H2,12,14). The number of rotatable bonds is 5. The molecule has 1 amide bonds. The smallest absolute Gasteiger partial charge is 0.404 e. The molecule has 1 aromatic carbocycles. The third-order valence-electron chi connectivity index (χ3n) is 2.08. The van der Waals surface area contributed by atoms with Gasteiger partial charge in [-0.05, 0) is 18.4 Å². The molecule has 15 heavy (non-hydrogen) atoms. The van der Waals surface area contributed by atoms with E-state index in [1.54, 1.807) is 0 Å². The SMILES string of the molecule is NC(=O)OC(CO)CCc1ccccc1. The number of aliphatic hydroxyl groups is 1. The van der Waals surface area contributed by atoms with Crippen molar-refractivity contribution in [1.82, 2.24) is 0 Å². The van der Waals surface area contributed by atoms with Crippen molar-refractivity contribution in [1.29, 1.82) is 0 Å². The molecule has 1 aromatic rings. The molecule has 1 atom stereocenters. The van der Waals surface area contributed by atoms with Gasteiger partial charge < -0.3 is 15.6 Å². The van der Waals surface area contributed by atoms with Crippen LogP contribution in [0.5, 0.6) is 0 Å². The molecule has 0 fully saturated rings. The number of carbonyl (C=O) groups is 1. The van der Waals surface area contributed by atoms with E-state index in [1.165, 1.54) is 0 Å². The van der Waals surface area contributed by atoms with Crippen LogP contribution in [0.15, 0.2) is 30.3 Å². The number of carbonyl (C=O) groups excluding carboxylic acids is 1. The second kappa shape index (κ2) is 6.03. The molecule has 3 N–H and O–H groups in total. The Hall–Kier alpha value is -1.55. The van der Waals surface area contributed by atoms with Crippen LogP contribution in [0.1, 0.15) is 12.0 Å². The molecule has 0 aliphatic rings. The quantitative estimate of drug-likeness (QED) is 0.762. The lowest BCUT2D eigenvalue weighted by molar-refractivity contribution is 0.0588. The first-order valence-electron chi connectivity index (χ1n) is 4.83. The van der Waals surface area contributed by atoms with Crippen molar-refractivity contribution in [3.63, 3.8) is 0 Å². The van der Waals surface area contributed by atoms with Crippen molar-refractivity contribution in [2.24, 2.45) is 5.73 Å². The summed E-state index contributed by atoms with van der Waals surface area (Å²) in [6.07, 6.45) is -0.0344. The zero-order chi connectivity index (χ0) is 11.1. The van der Waals surface area contributed by atoms with E-state index in [0.29, 0.717) is 6.42 Å². The third kappa shape index (κ3) is 4.46. The van der Waals surface area contributed by atoms with Crippen LogP contribution in [0, 0.1) is 0 Å². The predicted octanol–water partition coefficient (Wildman–Crippen LogP) is 1.08. The molecule has 0 radical (unpaired) electrons. The van der Waals surface area contributed by atoms with E-state index in [9.17, 15) is 4.79 Å². The van der Waals surface area contributed by atoms with E-state index in [1.807, 2.05) is 30.3 Å². The number of amides is 1. The van der Waals surface area contributed by atoms with Crippen LogP contribution in [-0.2, 0) is 11.2 Å². The largest absolute Gasteiger partial charge is 0.444 e. The van der Waals surface area contributed by atoms with Gasteiger partial charge in [0.2, 0.25) is 0 Å². The fraction of sp³-hybridized carbons (Fsp3) is 0.364. The number of benzene rings is 1. The van der Waals surface area contributed by atoms with Gasteiger partial charge in [-0.3, -0.25) is 0 Å². The van der Waals surface area contributed by atoms with Crippen molar-refractivity contribution >= 4 is 6.09 Å². The zero-order valence-corrected chi connectivity index (χ0v) is 8.43. The summed E-state index contributed by atoms with van der Waals surface area (Å²) in [5, 5.41) is 8.92. The molecule has 0 saturated carbocycles. The minimum absolute atomic E-state index is 0.199. The summed E-state index contributed by atoms with van der Waals surface area (Å²) in [5.41, 5.74) is 6.01. The van der Waals surface area contributed by atoms with Crippen LogP contribution in [0.2, 0.25) is 0 Å². The number of ether oxygens (including phenoxy) is 1. The normalized spacial score (nSPS) is 12.1. The third-order valence-corrected chi connectivity index (χ3v) is 2.08. The lowest BCUT2D eigenvalue weighted by Gasteiger charge is -2.13. The van der Waals surface area contributed by atoms with Crippen LogP contribution in [0.4, 0.5) is 4.79 Å². The molecule has 1 rings (SSSR count). The first-order valence-corrected chi connectivity index (χ1v) is 4.83. The average molecular weight is 209 g/mol. The number of hydrogen-bond acceptors (Lipinski definition) is 3. The summed E-state index contributed by atoms with van der Waals surface area (Å²) in [4.78, 5) is 10.5. The Morgan fingerprint density at radius 1 is 1.40 bits per heavy atom. The lowest BCUT2D eigenvalue weighted by Crippen LogP contribution is -2.26. The van der Waals surface area contributed by atoms with E-state index >= 15 is 0 Å². The molecule has 0 aliphatic heterocycles. The number of hydrogen-bond donors (Lipinski definition) is 2. The highest BCUT2D eigenvalue weighted by Gasteiger charge is 2.10. The molecule has 0 heterocycles. The van der Waals surface area contributed by atoms with Gasteiger partial charge in [0.25, 0.3) is 0 Å². The van der Waals surface area contributed by atoms with Gasteiger partial charge >= 0.3 is 6.09 Å². The molecule has 0 aromatic heterocycles. The summed E-state index contributed by atoms with van der Waals surface area (Å²) < 4.78 is 4.71. The summed E-state index contributed by atoms with van der Waals surface area (Å²) in [7, 11) is 0. The highest BCUT2D eigenvalue weighted by atomic mass is 16.6. The molecule has 0 bridgehead atoms. The number of aryl methyl sites for hydroxylation is 1. The molecule has 4 heteroatoms. The Kier molecular flexibility index (Phi) is 4.63. The number of aliphatic hydroxyl groups excluding tert-OH is 1. The summed E-state index contributed by atoms with van der Waals surface area (Å²) >= 11 is 0. The van der Waals surface area contributed by atoms with Crippen LogP contribution in [0.25, 0.3) is 0 Å². The molecule has 0 aliphatic carbocycles. The maximum atomic E-state index is 10.5. The minimum atomic E-state index is -0.845. The average Bonchev–Trinajstić information content (AvgIpc) is 2.25. The lowest BCUT2D eigenvalue weighted by atomic mass is 10.1. The molecular formula is C11H15NO3. The van der Waals surface area contributed by atoms with Gasteiger partial charge in [-0.15, -0.1) is 0 Å². The molecule has 4 nitrogen and oxygen atoms in total. The monoisotopic (exact) mass is 209 g/mol. The van der Waals surface area contributed by atoms with Crippen molar-refractivity contribution in [2.45, 2.75) is 18.9 Å². The second-order valence-electron chi connectivity index (χ2n) is 3.27. The Morgan fingerprint density at radius 2 is 2.07 bits per heavy atom. The zero-order valence-electron chi connectivity index (χ0n) is 8.43. The first-order chi connectivity index (χ1) is 7.22. The van der Waals surface area contributed by atoms with Crippen molar-refractivity contribution in [3.05, 3.63) is 35.9 Å². The van der Waals surface area contributed by atoms with Crippen LogP contribution >= 0.6 is 0 Å². The fourth-order valence-electron chi connectivity index (χ4n) is 1.32. The first kappa shape index (κ1) is 11.5. The maximum Gasteiger partial charge on any atom is 0.404 e. The minimum Gasteiger partial charge on any atom is -0.444 e. The maximum absolute atomic E-state index is 10.5. The van der Waals surface area contributed by atoms with E-state index < -0.39 is 12.2 Å². The van der Waals surface area contributed by atoms with Gasteiger partial charge in [0.15, 0.2) is 0 Å². The van der Waals surface area contributed by atoms with Crippen molar-refractivity contribution < 1.29 is 14.6 Å². The van der Waals surface area contributed by atoms with Gasteiger partial charge in [0, 0.05) is 0 Å². The molecule has 1 unspecified atom stereocenters. The molecular weight excluding hydrogens is 194 g/mol. The van der Waals surface area contributed by atoms with E-state index in [0.717, 1.165) is 12.0 Å². The number of primary amides is 1. The topological polar surface area (TPSA) is 72.6 Å². The Labute approximate surface area is 88.7 Å². The predicted molar refractivity (Wildman–Crippen MR) is 56.3 cm³/mol. The van der Waals surface area contributed by atoms with Gasteiger partial charge in [0.05, 0.1) is 6.61 Å². The fourth-order valence-corrected chi connectivity index (χ4v) is 1.32. The van der Waals surface area contributed by atoms with Gasteiger partial charge in [0.1, 0.15) is 6.10 Å².